The van der Waals surface area contributed by atoms with Crippen molar-refractivity contribution in [3.05, 3.63) is 117 Å². The minimum absolute atomic E-state index is 0.115. The van der Waals surface area contributed by atoms with Gasteiger partial charge in [-0.3, -0.25) is 0 Å². The van der Waals surface area contributed by atoms with Crippen LogP contribution in [-0.4, -0.2) is 0 Å². The van der Waals surface area contributed by atoms with E-state index in [0.29, 0.717) is 0 Å². The monoisotopic (exact) mass is 520 g/mol. The number of allylic oxidation sites excluding steroid dienone is 8. The van der Waals surface area contributed by atoms with Crippen LogP contribution in [0.5, 0.6) is 0 Å². The van der Waals surface area contributed by atoms with E-state index in [9.17, 15) is 0 Å². The van der Waals surface area contributed by atoms with Crippen LogP contribution in [0.1, 0.15) is 118 Å². The molecule has 2 unspecified atom stereocenters. The van der Waals surface area contributed by atoms with Gasteiger partial charge in [-0.2, -0.15) is 0 Å². The van der Waals surface area contributed by atoms with Gasteiger partial charge in [-0.15, -0.1) is 0 Å². The first-order chi connectivity index (χ1) is 19.0. The summed E-state index contributed by atoms with van der Waals surface area (Å²) in [5.41, 5.74) is 12.2. The van der Waals surface area contributed by atoms with Gasteiger partial charge in [-0.1, -0.05) is 139 Å². The van der Waals surface area contributed by atoms with Crippen LogP contribution in [0.15, 0.2) is 106 Å². The maximum absolute atomic E-state index is 2.78. The quantitative estimate of drug-likeness (QED) is 0.261. The summed E-state index contributed by atoms with van der Waals surface area (Å²) in [5, 5.41) is 0. The first-order valence-electron chi connectivity index (χ1n) is 16.0. The summed E-state index contributed by atoms with van der Waals surface area (Å²) in [4.78, 5) is 0. The first-order valence-corrected chi connectivity index (χ1v) is 16.0. The van der Waals surface area contributed by atoms with Crippen LogP contribution in [0.2, 0.25) is 0 Å². The summed E-state index contributed by atoms with van der Waals surface area (Å²) < 4.78 is 0. The van der Waals surface area contributed by atoms with Crippen molar-refractivity contribution < 1.29 is 0 Å². The molecule has 4 rings (SSSR count). The van der Waals surface area contributed by atoms with Crippen molar-refractivity contribution in [1.82, 2.24) is 0 Å². The highest BCUT2D eigenvalue weighted by Crippen LogP contribution is 2.71. The standard InChI is InChI=1S/C39H52/c1-9-29-27-37(15-7,35(13-5)33(29)11-3)39(31-23-19-17-20-24-31,32-25-21-18-22-26-32)38(16-8)28-30(10-2)34(12-4)36(38)14-6/h17-28H,9-16H2,1-8H3. The third kappa shape index (κ3) is 4.00. The second kappa shape index (κ2) is 11.9. The molecule has 0 fully saturated rings. The fraction of sp³-hybridized carbons (Fsp3) is 0.487. The SMILES string of the molecule is CCC1=CC(CC)(C(c2ccccc2)(c2ccccc2)C2(CC)C=C(CC)C(CC)=C2CC)C(CC)=C1CC. The predicted octanol–water partition coefficient (Wildman–Crippen LogP) is 11.7. The predicted molar refractivity (Wildman–Crippen MR) is 171 cm³/mol. The molecule has 0 saturated carbocycles. The first kappa shape index (κ1) is 29.4. The van der Waals surface area contributed by atoms with Crippen molar-refractivity contribution in [3.8, 4) is 0 Å². The van der Waals surface area contributed by atoms with Crippen LogP contribution in [0.3, 0.4) is 0 Å². The van der Waals surface area contributed by atoms with Gasteiger partial charge in [0, 0.05) is 16.2 Å². The summed E-state index contributed by atoms with van der Waals surface area (Å²) in [5.74, 6) is 0. The number of hydrogen-bond donors (Lipinski definition) is 0. The molecular weight excluding hydrogens is 468 g/mol. The van der Waals surface area contributed by atoms with Crippen LogP contribution in [0.4, 0.5) is 0 Å². The minimum Gasteiger partial charge on any atom is -0.0695 e. The van der Waals surface area contributed by atoms with E-state index in [4.69, 9.17) is 0 Å². The number of hydrogen-bond acceptors (Lipinski definition) is 0. The lowest BCUT2D eigenvalue weighted by molar-refractivity contribution is 0.125. The van der Waals surface area contributed by atoms with Crippen molar-refractivity contribution in [2.45, 2.75) is 112 Å². The Morgan fingerprint density at radius 2 is 0.821 bits per heavy atom. The van der Waals surface area contributed by atoms with Crippen LogP contribution >= 0.6 is 0 Å². The third-order valence-electron chi connectivity index (χ3n) is 10.5. The average molecular weight is 521 g/mol. The zero-order valence-electron chi connectivity index (χ0n) is 26.1. The lowest BCUT2D eigenvalue weighted by Gasteiger charge is -2.60. The molecule has 2 aliphatic carbocycles. The van der Waals surface area contributed by atoms with Gasteiger partial charge in [0.15, 0.2) is 0 Å². The maximum atomic E-state index is 2.78. The van der Waals surface area contributed by atoms with Crippen molar-refractivity contribution >= 4 is 0 Å². The van der Waals surface area contributed by atoms with Gasteiger partial charge in [-0.05, 0) is 84.8 Å². The molecule has 0 radical (unpaired) electrons. The van der Waals surface area contributed by atoms with Crippen LogP contribution in [0.25, 0.3) is 0 Å². The highest BCUT2D eigenvalue weighted by Gasteiger charge is 2.66. The largest absolute Gasteiger partial charge is 0.0695 e. The van der Waals surface area contributed by atoms with Crippen molar-refractivity contribution in [1.29, 1.82) is 0 Å². The normalized spacial score (nSPS) is 23.5. The lowest BCUT2D eigenvalue weighted by Crippen LogP contribution is -2.57. The molecule has 0 aromatic heterocycles. The smallest absolute Gasteiger partial charge is 0.0459 e. The van der Waals surface area contributed by atoms with Gasteiger partial charge in [0.25, 0.3) is 0 Å². The Kier molecular flexibility index (Phi) is 8.95. The molecule has 2 aromatic rings. The Morgan fingerprint density at radius 3 is 1.08 bits per heavy atom. The molecule has 0 saturated heterocycles. The van der Waals surface area contributed by atoms with Crippen molar-refractivity contribution in [3.63, 3.8) is 0 Å². The Balaban J connectivity index is 2.35. The van der Waals surface area contributed by atoms with E-state index in [1.807, 2.05) is 0 Å². The fourth-order valence-corrected chi connectivity index (χ4v) is 9.24. The molecular formula is C39H52. The van der Waals surface area contributed by atoms with Crippen LogP contribution < -0.4 is 0 Å². The van der Waals surface area contributed by atoms with E-state index in [1.165, 1.54) is 11.1 Å². The van der Waals surface area contributed by atoms with Gasteiger partial charge in [-0.25, -0.2) is 0 Å². The molecule has 0 aliphatic heterocycles. The Labute approximate surface area is 240 Å². The summed E-state index contributed by atoms with van der Waals surface area (Å²) in [6, 6.07) is 23.3. The molecule has 0 nitrogen and oxygen atoms in total. The summed E-state index contributed by atoms with van der Waals surface area (Å²) in [6.07, 6.45) is 14.3. The topological polar surface area (TPSA) is 0 Å². The summed E-state index contributed by atoms with van der Waals surface area (Å²) >= 11 is 0. The van der Waals surface area contributed by atoms with Gasteiger partial charge in [0.2, 0.25) is 0 Å². The van der Waals surface area contributed by atoms with E-state index in [0.717, 1.165) is 51.4 Å². The third-order valence-corrected chi connectivity index (χ3v) is 10.5. The van der Waals surface area contributed by atoms with Crippen molar-refractivity contribution in [2.75, 3.05) is 0 Å². The molecule has 208 valence electrons. The van der Waals surface area contributed by atoms with Gasteiger partial charge in [0.1, 0.15) is 0 Å². The zero-order valence-corrected chi connectivity index (χ0v) is 26.1. The van der Waals surface area contributed by atoms with E-state index in [2.05, 4.69) is 128 Å². The van der Waals surface area contributed by atoms with Gasteiger partial charge < -0.3 is 0 Å². The number of benzene rings is 2. The highest BCUT2D eigenvalue weighted by molar-refractivity contribution is 5.64. The molecule has 2 atom stereocenters. The molecule has 0 heterocycles. The van der Waals surface area contributed by atoms with E-state index in [-0.39, 0.29) is 16.2 Å². The molecule has 2 aliphatic rings. The Hall–Kier alpha value is -2.60. The highest BCUT2D eigenvalue weighted by atomic mass is 14.7. The average Bonchev–Trinajstić information content (AvgIpc) is 3.51. The second-order valence-electron chi connectivity index (χ2n) is 11.5. The fourth-order valence-electron chi connectivity index (χ4n) is 9.24. The van der Waals surface area contributed by atoms with Crippen LogP contribution in [-0.2, 0) is 5.41 Å². The molecule has 39 heavy (non-hydrogen) atoms. The Bertz CT molecular complexity index is 1160. The summed E-state index contributed by atoms with van der Waals surface area (Å²) in [7, 11) is 0. The molecule has 0 N–H and O–H groups in total. The molecule has 2 aromatic carbocycles. The molecule has 0 heteroatoms. The molecule has 0 bridgehead atoms. The number of rotatable bonds is 12. The van der Waals surface area contributed by atoms with E-state index < -0.39 is 0 Å². The Morgan fingerprint density at radius 1 is 0.462 bits per heavy atom. The maximum Gasteiger partial charge on any atom is 0.0459 e. The summed E-state index contributed by atoms with van der Waals surface area (Å²) in [6.45, 7) is 19.2. The minimum atomic E-state index is -0.266. The molecule has 0 amide bonds. The van der Waals surface area contributed by atoms with Crippen molar-refractivity contribution in [2.24, 2.45) is 10.8 Å². The lowest BCUT2D eigenvalue weighted by atomic mass is 9.41. The zero-order chi connectivity index (χ0) is 28.3. The van der Waals surface area contributed by atoms with Crippen LogP contribution in [0, 0.1) is 10.8 Å². The molecule has 0 spiro atoms. The van der Waals surface area contributed by atoms with E-state index in [1.54, 1.807) is 33.4 Å². The second-order valence-corrected chi connectivity index (χ2v) is 11.5. The van der Waals surface area contributed by atoms with Gasteiger partial charge in [0.05, 0.1) is 0 Å². The van der Waals surface area contributed by atoms with E-state index >= 15 is 0 Å². The van der Waals surface area contributed by atoms with Gasteiger partial charge >= 0.3 is 0 Å².